The molecule has 4 atom stereocenters. The number of nitrogens with two attached hydrogens (primary N) is 1. The van der Waals surface area contributed by atoms with E-state index in [9.17, 15) is 39.6 Å². The van der Waals surface area contributed by atoms with E-state index in [0.717, 1.165) is 0 Å². The van der Waals surface area contributed by atoms with Gasteiger partial charge in [0, 0.05) is 19.3 Å². The number of amides is 3. The summed E-state index contributed by atoms with van der Waals surface area (Å²) < 4.78 is 0. The monoisotopic (exact) mass is 578 g/mol. The lowest BCUT2D eigenvalue weighted by Crippen LogP contribution is -2.58. The number of benzene rings is 3. The van der Waals surface area contributed by atoms with E-state index in [2.05, 4.69) is 16.0 Å². The second-order valence-electron chi connectivity index (χ2n) is 9.74. The van der Waals surface area contributed by atoms with Gasteiger partial charge in [-0.3, -0.25) is 14.4 Å². The van der Waals surface area contributed by atoms with E-state index in [1.54, 1.807) is 42.5 Å². The van der Waals surface area contributed by atoms with E-state index >= 15 is 0 Å². The molecular formula is C30H34N4O8. The number of hydrogen-bond acceptors (Lipinski definition) is 8. The predicted octanol–water partition coefficient (Wildman–Crippen LogP) is -0.0157. The lowest BCUT2D eigenvalue weighted by atomic mass is 10.0. The summed E-state index contributed by atoms with van der Waals surface area (Å²) in [6.07, 6.45) is -0.110. The van der Waals surface area contributed by atoms with Gasteiger partial charge in [-0.2, -0.15) is 0 Å². The van der Waals surface area contributed by atoms with Crippen molar-refractivity contribution in [2.75, 3.05) is 6.61 Å². The summed E-state index contributed by atoms with van der Waals surface area (Å²) >= 11 is 0. The number of phenolic OH excluding ortho intramolecular Hbond substituents is 2. The fourth-order valence-corrected chi connectivity index (χ4v) is 4.11. The Morgan fingerprint density at radius 3 is 1.40 bits per heavy atom. The smallest absolute Gasteiger partial charge is 0.326 e. The second-order valence-corrected chi connectivity index (χ2v) is 9.74. The molecule has 0 saturated carbocycles. The molecule has 3 aromatic carbocycles. The normalized spacial score (nSPS) is 13.7. The highest BCUT2D eigenvalue weighted by atomic mass is 16.4. The standard InChI is InChI=1S/C30H34N4O8/c31-23(17-35)27(38)32-24(14-18-4-2-1-3-5-18)28(39)33-25(15-19-6-10-21(36)11-7-19)29(40)34-26(30(41)42)16-20-8-12-22(37)13-9-20/h1-13,23-26,35-37H,14-17,31H2,(H,32,38)(H,33,39)(H,34,40)(H,41,42). The van der Waals surface area contributed by atoms with Crippen molar-refractivity contribution in [1.82, 2.24) is 16.0 Å². The molecule has 0 aliphatic carbocycles. The maximum absolute atomic E-state index is 13.5. The Morgan fingerprint density at radius 1 is 0.595 bits per heavy atom. The quantitative estimate of drug-likeness (QED) is 0.129. The molecule has 0 fully saturated rings. The number of phenols is 2. The molecule has 4 unspecified atom stereocenters. The molecule has 0 aliphatic heterocycles. The highest BCUT2D eigenvalue weighted by molar-refractivity contribution is 5.94. The summed E-state index contributed by atoms with van der Waals surface area (Å²) in [5.74, 6) is -3.61. The fourth-order valence-electron chi connectivity index (χ4n) is 4.11. The number of aliphatic carboxylic acids is 1. The first-order valence-corrected chi connectivity index (χ1v) is 13.2. The molecule has 9 N–H and O–H groups in total. The predicted molar refractivity (Wildman–Crippen MR) is 152 cm³/mol. The number of rotatable bonds is 14. The first-order chi connectivity index (χ1) is 20.0. The number of carboxylic acid groups (broad SMARTS) is 1. The summed E-state index contributed by atoms with van der Waals surface area (Å²) in [6, 6.07) is 15.5. The first kappa shape index (κ1) is 31.6. The van der Waals surface area contributed by atoms with Crippen LogP contribution in [0.5, 0.6) is 11.5 Å². The lowest BCUT2D eigenvalue weighted by molar-refractivity contribution is -0.142. The SMILES string of the molecule is NC(CO)C(=O)NC(Cc1ccccc1)C(=O)NC(Cc1ccc(O)cc1)C(=O)NC(Cc1ccc(O)cc1)C(=O)O. The highest BCUT2D eigenvalue weighted by Gasteiger charge is 2.31. The van der Waals surface area contributed by atoms with Crippen LogP contribution in [0.4, 0.5) is 0 Å². The highest BCUT2D eigenvalue weighted by Crippen LogP contribution is 2.14. The third-order valence-corrected chi connectivity index (χ3v) is 6.45. The number of carbonyl (C=O) groups excluding carboxylic acids is 3. The van der Waals surface area contributed by atoms with Crippen LogP contribution in [0, 0.1) is 0 Å². The van der Waals surface area contributed by atoms with Gasteiger partial charge >= 0.3 is 5.97 Å². The van der Waals surface area contributed by atoms with Gasteiger partial charge in [0.15, 0.2) is 0 Å². The molecular weight excluding hydrogens is 544 g/mol. The van der Waals surface area contributed by atoms with Crippen molar-refractivity contribution in [3.63, 3.8) is 0 Å². The topological polar surface area (TPSA) is 211 Å². The van der Waals surface area contributed by atoms with E-state index in [1.165, 1.54) is 36.4 Å². The van der Waals surface area contributed by atoms with Crippen molar-refractivity contribution < 1.29 is 39.6 Å². The number of nitrogens with one attached hydrogen (secondary N) is 3. The zero-order valence-corrected chi connectivity index (χ0v) is 22.6. The Bertz CT molecular complexity index is 1350. The maximum Gasteiger partial charge on any atom is 0.326 e. The molecule has 0 aliphatic rings. The zero-order valence-electron chi connectivity index (χ0n) is 22.6. The lowest BCUT2D eigenvalue weighted by Gasteiger charge is -2.25. The second kappa shape index (κ2) is 15.2. The van der Waals surface area contributed by atoms with E-state index in [-0.39, 0.29) is 30.8 Å². The Morgan fingerprint density at radius 2 is 0.976 bits per heavy atom. The molecule has 0 heterocycles. The summed E-state index contributed by atoms with van der Waals surface area (Å²) in [7, 11) is 0. The molecule has 0 radical (unpaired) electrons. The van der Waals surface area contributed by atoms with Gasteiger partial charge in [0.1, 0.15) is 35.7 Å². The van der Waals surface area contributed by atoms with Crippen LogP contribution in [0.25, 0.3) is 0 Å². The van der Waals surface area contributed by atoms with Crippen LogP contribution < -0.4 is 21.7 Å². The molecule has 42 heavy (non-hydrogen) atoms. The van der Waals surface area contributed by atoms with Crippen LogP contribution in [0.15, 0.2) is 78.9 Å². The number of carboxylic acids is 1. The van der Waals surface area contributed by atoms with Gasteiger partial charge in [0.2, 0.25) is 17.7 Å². The minimum atomic E-state index is -1.36. The van der Waals surface area contributed by atoms with Crippen molar-refractivity contribution in [3.05, 3.63) is 95.6 Å². The van der Waals surface area contributed by atoms with Gasteiger partial charge in [0.05, 0.1) is 6.61 Å². The van der Waals surface area contributed by atoms with E-state index in [4.69, 9.17) is 5.73 Å². The number of aliphatic hydroxyl groups excluding tert-OH is 1. The van der Waals surface area contributed by atoms with Gasteiger partial charge < -0.3 is 42.1 Å². The average Bonchev–Trinajstić information content (AvgIpc) is 2.98. The Labute approximate surface area is 242 Å². The number of hydrogen-bond donors (Lipinski definition) is 8. The van der Waals surface area contributed by atoms with E-state index in [0.29, 0.717) is 16.7 Å². The maximum atomic E-state index is 13.5. The number of aromatic hydroxyl groups is 2. The van der Waals surface area contributed by atoms with Gasteiger partial charge in [-0.1, -0.05) is 54.6 Å². The van der Waals surface area contributed by atoms with Crippen LogP contribution in [0.1, 0.15) is 16.7 Å². The number of aliphatic hydroxyl groups is 1. The van der Waals surface area contributed by atoms with Crippen LogP contribution in [-0.4, -0.2) is 74.9 Å². The van der Waals surface area contributed by atoms with Crippen LogP contribution in [0.3, 0.4) is 0 Å². The summed E-state index contributed by atoms with van der Waals surface area (Å²) in [6.45, 7) is -0.644. The van der Waals surface area contributed by atoms with Crippen LogP contribution in [0.2, 0.25) is 0 Å². The summed E-state index contributed by atoms with van der Waals surface area (Å²) in [4.78, 5) is 51.4. The van der Waals surface area contributed by atoms with Crippen LogP contribution >= 0.6 is 0 Å². The molecule has 12 nitrogen and oxygen atoms in total. The minimum absolute atomic E-state index is 0.00317. The Kier molecular flexibility index (Phi) is 11.4. The zero-order chi connectivity index (χ0) is 30.6. The fraction of sp³-hybridized carbons (Fsp3) is 0.267. The van der Waals surface area contributed by atoms with Crippen molar-refractivity contribution in [2.24, 2.45) is 5.73 Å². The molecule has 3 aromatic rings. The van der Waals surface area contributed by atoms with Crippen molar-refractivity contribution in [2.45, 2.75) is 43.4 Å². The number of carbonyl (C=O) groups is 4. The van der Waals surface area contributed by atoms with Crippen molar-refractivity contribution in [3.8, 4) is 11.5 Å². The Hall–Kier alpha value is -4.94. The largest absolute Gasteiger partial charge is 0.508 e. The van der Waals surface area contributed by atoms with Gasteiger partial charge in [-0.25, -0.2) is 4.79 Å². The molecule has 12 heteroatoms. The van der Waals surface area contributed by atoms with Gasteiger partial charge in [-0.05, 0) is 41.0 Å². The third kappa shape index (κ3) is 9.61. The molecule has 0 saturated heterocycles. The van der Waals surface area contributed by atoms with E-state index in [1.807, 2.05) is 0 Å². The van der Waals surface area contributed by atoms with Crippen LogP contribution in [-0.2, 0) is 38.4 Å². The van der Waals surface area contributed by atoms with E-state index < -0.39 is 54.5 Å². The summed E-state index contributed by atoms with van der Waals surface area (Å²) in [5.41, 5.74) is 7.44. The van der Waals surface area contributed by atoms with Crippen molar-refractivity contribution in [1.29, 1.82) is 0 Å². The molecule has 0 bridgehead atoms. The molecule has 3 rings (SSSR count). The molecule has 222 valence electrons. The van der Waals surface area contributed by atoms with Crippen molar-refractivity contribution >= 4 is 23.7 Å². The molecule has 0 aromatic heterocycles. The van der Waals surface area contributed by atoms with Gasteiger partial charge in [0.25, 0.3) is 0 Å². The Balaban J connectivity index is 1.85. The average molecular weight is 579 g/mol. The molecule has 3 amide bonds. The van der Waals surface area contributed by atoms with Gasteiger partial charge in [-0.15, -0.1) is 0 Å². The third-order valence-electron chi connectivity index (χ3n) is 6.45. The summed E-state index contributed by atoms with van der Waals surface area (Å²) in [5, 5.41) is 45.8. The molecule has 0 spiro atoms. The minimum Gasteiger partial charge on any atom is -0.508 e. The first-order valence-electron chi connectivity index (χ1n) is 13.2.